The Morgan fingerprint density at radius 1 is 1.32 bits per heavy atom. The van der Waals surface area contributed by atoms with E-state index in [0.717, 1.165) is 44.6 Å². The minimum absolute atomic E-state index is 0.0667. The molecule has 3 nitrogen and oxygen atoms in total. The molecule has 0 saturated carbocycles. The first-order chi connectivity index (χ1) is 9.15. The third kappa shape index (κ3) is 4.17. The van der Waals surface area contributed by atoms with Crippen LogP contribution in [0.1, 0.15) is 52.9 Å². The topological polar surface area (TPSA) is 30.5 Å². The van der Waals surface area contributed by atoms with Crippen molar-refractivity contribution in [3.8, 4) is 0 Å². The van der Waals surface area contributed by atoms with E-state index in [2.05, 4.69) is 26.1 Å². The van der Waals surface area contributed by atoms with Gasteiger partial charge in [0, 0.05) is 25.7 Å². The summed E-state index contributed by atoms with van der Waals surface area (Å²) >= 11 is 0. The van der Waals surface area contributed by atoms with Crippen molar-refractivity contribution in [2.75, 3.05) is 26.4 Å². The van der Waals surface area contributed by atoms with Crippen molar-refractivity contribution in [2.45, 2.75) is 64.5 Å². The van der Waals surface area contributed by atoms with Crippen molar-refractivity contribution in [1.29, 1.82) is 0 Å². The summed E-state index contributed by atoms with van der Waals surface area (Å²) in [6, 6.07) is 0.633. The largest absolute Gasteiger partial charge is 0.378 e. The number of hydrogen-bond donors (Lipinski definition) is 1. The average Bonchev–Trinajstić information content (AvgIpc) is 2.84. The zero-order chi connectivity index (χ0) is 13.7. The smallest absolute Gasteiger partial charge is 0.0939 e. The van der Waals surface area contributed by atoms with Crippen LogP contribution in [0.4, 0.5) is 0 Å². The lowest BCUT2D eigenvalue weighted by Gasteiger charge is -2.40. The Morgan fingerprint density at radius 2 is 2.16 bits per heavy atom. The van der Waals surface area contributed by atoms with E-state index in [9.17, 15) is 0 Å². The summed E-state index contributed by atoms with van der Waals surface area (Å²) < 4.78 is 11.6. The van der Waals surface area contributed by atoms with Crippen molar-refractivity contribution in [1.82, 2.24) is 5.32 Å². The van der Waals surface area contributed by atoms with Gasteiger partial charge in [-0.2, -0.15) is 0 Å². The minimum atomic E-state index is 0.0667. The maximum atomic E-state index is 6.04. The van der Waals surface area contributed by atoms with Crippen molar-refractivity contribution in [3.05, 3.63) is 0 Å². The molecule has 112 valence electrons. The van der Waals surface area contributed by atoms with E-state index in [4.69, 9.17) is 9.47 Å². The molecule has 19 heavy (non-hydrogen) atoms. The van der Waals surface area contributed by atoms with Gasteiger partial charge in [-0.15, -0.1) is 0 Å². The second kappa shape index (κ2) is 7.05. The molecule has 2 rings (SSSR count). The molecule has 4 atom stereocenters. The van der Waals surface area contributed by atoms with Crippen LogP contribution in [-0.4, -0.2) is 38.0 Å². The Labute approximate surface area is 118 Å². The SMILES string of the molecule is CCCNC(C)CC(C)C1CCOC2(CCOC2)C1. The normalized spacial score (nSPS) is 34.6. The molecule has 1 N–H and O–H groups in total. The molecule has 2 fully saturated rings. The fraction of sp³-hybridized carbons (Fsp3) is 1.00. The molecule has 4 unspecified atom stereocenters. The van der Waals surface area contributed by atoms with Gasteiger partial charge >= 0.3 is 0 Å². The van der Waals surface area contributed by atoms with E-state index >= 15 is 0 Å². The van der Waals surface area contributed by atoms with E-state index < -0.39 is 0 Å². The summed E-state index contributed by atoms with van der Waals surface area (Å²) in [7, 11) is 0. The molecular formula is C16H31NO2. The summed E-state index contributed by atoms with van der Waals surface area (Å²) in [4.78, 5) is 0. The van der Waals surface area contributed by atoms with Crippen LogP contribution >= 0.6 is 0 Å². The van der Waals surface area contributed by atoms with Gasteiger partial charge in [0.1, 0.15) is 0 Å². The predicted molar refractivity (Wildman–Crippen MR) is 78.4 cm³/mol. The summed E-state index contributed by atoms with van der Waals surface area (Å²) in [5.41, 5.74) is 0.0667. The highest BCUT2D eigenvalue weighted by molar-refractivity contribution is 4.91. The third-order valence-electron chi connectivity index (χ3n) is 4.87. The highest BCUT2D eigenvalue weighted by Crippen LogP contribution is 2.39. The molecule has 3 heteroatoms. The van der Waals surface area contributed by atoms with E-state index in [0.29, 0.717) is 6.04 Å². The van der Waals surface area contributed by atoms with Crippen LogP contribution in [0.2, 0.25) is 0 Å². The zero-order valence-electron chi connectivity index (χ0n) is 12.9. The van der Waals surface area contributed by atoms with Gasteiger partial charge in [0.25, 0.3) is 0 Å². The molecule has 0 aliphatic carbocycles. The summed E-state index contributed by atoms with van der Waals surface area (Å²) in [6.45, 7) is 10.7. The molecule has 2 aliphatic heterocycles. The molecule has 0 aromatic carbocycles. The predicted octanol–water partition coefficient (Wildman–Crippen LogP) is 2.99. The van der Waals surface area contributed by atoms with Gasteiger partial charge in [-0.05, 0) is 51.0 Å². The average molecular weight is 269 g/mol. The Hall–Kier alpha value is -0.120. The summed E-state index contributed by atoms with van der Waals surface area (Å²) in [5, 5.41) is 3.61. The van der Waals surface area contributed by atoms with Crippen molar-refractivity contribution in [3.63, 3.8) is 0 Å². The first kappa shape index (κ1) is 15.3. The van der Waals surface area contributed by atoms with E-state index in [-0.39, 0.29) is 5.60 Å². The lowest BCUT2D eigenvalue weighted by molar-refractivity contribution is -0.106. The number of rotatable bonds is 6. The maximum Gasteiger partial charge on any atom is 0.0939 e. The van der Waals surface area contributed by atoms with Crippen LogP contribution in [-0.2, 0) is 9.47 Å². The van der Waals surface area contributed by atoms with Gasteiger partial charge in [-0.25, -0.2) is 0 Å². The molecule has 0 aromatic heterocycles. The van der Waals surface area contributed by atoms with Crippen LogP contribution in [0.3, 0.4) is 0 Å². The van der Waals surface area contributed by atoms with Crippen molar-refractivity contribution < 1.29 is 9.47 Å². The highest BCUT2D eigenvalue weighted by Gasteiger charge is 2.42. The van der Waals surface area contributed by atoms with E-state index in [1.54, 1.807) is 0 Å². The number of hydrogen-bond acceptors (Lipinski definition) is 3. The molecule has 0 bridgehead atoms. The second-order valence-corrected chi connectivity index (χ2v) is 6.66. The first-order valence-electron chi connectivity index (χ1n) is 8.10. The molecular weight excluding hydrogens is 238 g/mol. The fourth-order valence-corrected chi connectivity index (χ4v) is 3.64. The molecule has 0 aromatic rings. The summed E-state index contributed by atoms with van der Waals surface area (Å²) in [6.07, 6.45) is 6.02. The van der Waals surface area contributed by atoms with Gasteiger partial charge in [0.05, 0.1) is 12.2 Å². The van der Waals surface area contributed by atoms with Crippen molar-refractivity contribution in [2.24, 2.45) is 11.8 Å². The maximum absolute atomic E-state index is 6.04. The minimum Gasteiger partial charge on any atom is -0.378 e. The molecule has 0 amide bonds. The third-order valence-corrected chi connectivity index (χ3v) is 4.87. The molecule has 2 heterocycles. The lowest BCUT2D eigenvalue weighted by Crippen LogP contribution is -2.42. The monoisotopic (exact) mass is 269 g/mol. The zero-order valence-corrected chi connectivity index (χ0v) is 12.9. The molecule has 0 radical (unpaired) electrons. The Bertz CT molecular complexity index is 263. The molecule has 1 spiro atoms. The van der Waals surface area contributed by atoms with Crippen LogP contribution in [0.5, 0.6) is 0 Å². The van der Waals surface area contributed by atoms with E-state index in [1.165, 1.54) is 25.7 Å². The Kier molecular flexibility index (Phi) is 5.67. The van der Waals surface area contributed by atoms with Crippen LogP contribution in [0.15, 0.2) is 0 Å². The standard InChI is InChI=1S/C16H31NO2/c1-4-7-17-14(3)10-13(2)15-5-8-19-16(11-15)6-9-18-12-16/h13-15,17H,4-12H2,1-3H3. The van der Waals surface area contributed by atoms with Gasteiger partial charge in [0.2, 0.25) is 0 Å². The molecule has 2 aliphatic rings. The lowest BCUT2D eigenvalue weighted by atomic mass is 9.76. The fourth-order valence-electron chi connectivity index (χ4n) is 3.64. The van der Waals surface area contributed by atoms with Gasteiger partial charge in [-0.1, -0.05) is 13.8 Å². The van der Waals surface area contributed by atoms with Crippen LogP contribution in [0, 0.1) is 11.8 Å². The summed E-state index contributed by atoms with van der Waals surface area (Å²) in [5.74, 6) is 1.59. The van der Waals surface area contributed by atoms with E-state index in [1.807, 2.05) is 0 Å². The quantitative estimate of drug-likeness (QED) is 0.804. The van der Waals surface area contributed by atoms with Crippen LogP contribution in [0.25, 0.3) is 0 Å². The van der Waals surface area contributed by atoms with Gasteiger partial charge in [-0.3, -0.25) is 0 Å². The first-order valence-corrected chi connectivity index (χ1v) is 8.10. The number of nitrogens with one attached hydrogen (secondary N) is 1. The Balaban J connectivity index is 1.79. The van der Waals surface area contributed by atoms with Gasteiger partial charge in [0.15, 0.2) is 0 Å². The van der Waals surface area contributed by atoms with Crippen molar-refractivity contribution >= 4 is 0 Å². The highest BCUT2D eigenvalue weighted by atomic mass is 16.6. The Morgan fingerprint density at radius 3 is 2.84 bits per heavy atom. The number of ether oxygens (including phenoxy) is 2. The van der Waals surface area contributed by atoms with Gasteiger partial charge < -0.3 is 14.8 Å². The molecule has 2 saturated heterocycles. The van der Waals surface area contributed by atoms with Crippen LogP contribution < -0.4 is 5.32 Å². The second-order valence-electron chi connectivity index (χ2n) is 6.66.